The zero-order valence-electron chi connectivity index (χ0n) is 10.9. The van der Waals surface area contributed by atoms with E-state index < -0.39 is 0 Å². The summed E-state index contributed by atoms with van der Waals surface area (Å²) < 4.78 is 0. The van der Waals surface area contributed by atoms with Gasteiger partial charge in [-0.3, -0.25) is 4.79 Å². The smallest absolute Gasteiger partial charge is 0.226 e. The summed E-state index contributed by atoms with van der Waals surface area (Å²) in [5.41, 5.74) is 0.263. The highest BCUT2D eigenvalue weighted by atomic mass is 79.9. The summed E-state index contributed by atoms with van der Waals surface area (Å²) >= 11 is 3.48. The topological polar surface area (TPSA) is 23.6 Å². The van der Waals surface area contributed by atoms with Crippen LogP contribution in [0.5, 0.6) is 0 Å². The molecule has 2 aliphatic rings. The van der Waals surface area contributed by atoms with Crippen LogP contribution in [0.15, 0.2) is 0 Å². The summed E-state index contributed by atoms with van der Waals surface area (Å²) in [6, 6.07) is 0. The van der Waals surface area contributed by atoms with Crippen molar-refractivity contribution < 1.29 is 4.79 Å². The van der Waals surface area contributed by atoms with Gasteiger partial charge in [-0.2, -0.15) is 0 Å². The average Bonchev–Trinajstić information content (AvgIpc) is 2.96. The summed E-state index contributed by atoms with van der Waals surface area (Å²) in [6.07, 6.45) is 2.19. The van der Waals surface area contributed by atoms with E-state index in [1.807, 2.05) is 0 Å². The second-order valence-corrected chi connectivity index (χ2v) is 6.75. The SMILES string of the molecule is CC1(C)CC1C(=O)N1CCCN(CCBr)CC1. The molecule has 1 aliphatic carbocycles. The number of halogens is 1. The van der Waals surface area contributed by atoms with Crippen molar-refractivity contribution in [3.8, 4) is 0 Å². The molecule has 1 saturated carbocycles. The lowest BCUT2D eigenvalue weighted by molar-refractivity contribution is -0.133. The molecular weight excluding hydrogens is 280 g/mol. The normalized spacial score (nSPS) is 28.9. The van der Waals surface area contributed by atoms with Crippen LogP contribution in [-0.4, -0.2) is 53.8 Å². The molecule has 2 fully saturated rings. The molecule has 1 unspecified atom stereocenters. The maximum atomic E-state index is 12.3. The molecule has 1 atom stereocenters. The van der Waals surface area contributed by atoms with Crippen molar-refractivity contribution >= 4 is 21.8 Å². The largest absolute Gasteiger partial charge is 0.341 e. The minimum Gasteiger partial charge on any atom is -0.341 e. The van der Waals surface area contributed by atoms with Crippen LogP contribution in [0.2, 0.25) is 0 Å². The van der Waals surface area contributed by atoms with Gasteiger partial charge in [0.1, 0.15) is 0 Å². The Labute approximate surface area is 113 Å². The second kappa shape index (κ2) is 5.27. The first-order chi connectivity index (χ1) is 8.04. The molecule has 4 heteroatoms. The van der Waals surface area contributed by atoms with Crippen molar-refractivity contribution in [3.05, 3.63) is 0 Å². The third kappa shape index (κ3) is 3.22. The third-order valence-electron chi connectivity index (χ3n) is 4.11. The van der Waals surface area contributed by atoms with Crippen molar-refractivity contribution in [1.82, 2.24) is 9.80 Å². The highest BCUT2D eigenvalue weighted by molar-refractivity contribution is 9.09. The summed E-state index contributed by atoms with van der Waals surface area (Å²) in [4.78, 5) is 16.8. The number of hydrogen-bond acceptors (Lipinski definition) is 2. The minimum absolute atomic E-state index is 0.263. The van der Waals surface area contributed by atoms with Crippen LogP contribution in [0, 0.1) is 11.3 Å². The monoisotopic (exact) mass is 302 g/mol. The van der Waals surface area contributed by atoms with Crippen LogP contribution in [-0.2, 0) is 4.79 Å². The number of carbonyl (C=O) groups excluding carboxylic acids is 1. The summed E-state index contributed by atoms with van der Waals surface area (Å²) in [5.74, 6) is 0.695. The lowest BCUT2D eigenvalue weighted by Gasteiger charge is -2.22. The van der Waals surface area contributed by atoms with E-state index in [2.05, 4.69) is 39.6 Å². The maximum absolute atomic E-state index is 12.3. The van der Waals surface area contributed by atoms with Gasteiger partial charge in [-0.25, -0.2) is 0 Å². The fraction of sp³-hybridized carbons (Fsp3) is 0.923. The Kier molecular flexibility index (Phi) is 4.14. The minimum atomic E-state index is 0.263. The van der Waals surface area contributed by atoms with Crippen molar-refractivity contribution in [3.63, 3.8) is 0 Å². The van der Waals surface area contributed by atoms with E-state index in [1.54, 1.807) is 0 Å². The van der Waals surface area contributed by atoms with E-state index in [0.29, 0.717) is 11.8 Å². The Bertz CT molecular complexity index is 293. The van der Waals surface area contributed by atoms with Crippen molar-refractivity contribution in [2.45, 2.75) is 26.7 Å². The fourth-order valence-corrected chi connectivity index (χ4v) is 3.15. The van der Waals surface area contributed by atoms with Gasteiger partial charge in [-0.1, -0.05) is 29.8 Å². The number of carbonyl (C=O) groups is 1. The van der Waals surface area contributed by atoms with E-state index in [9.17, 15) is 4.79 Å². The van der Waals surface area contributed by atoms with E-state index >= 15 is 0 Å². The Morgan fingerprint density at radius 3 is 2.59 bits per heavy atom. The van der Waals surface area contributed by atoms with Gasteiger partial charge in [0.25, 0.3) is 0 Å². The van der Waals surface area contributed by atoms with Gasteiger partial charge in [-0.05, 0) is 24.8 Å². The van der Waals surface area contributed by atoms with Gasteiger partial charge in [0, 0.05) is 37.4 Å². The standard InChI is InChI=1S/C13H23BrN2O/c1-13(2)10-11(13)12(17)16-6-3-5-15(7-4-14)8-9-16/h11H,3-10H2,1-2H3. The molecule has 1 aliphatic heterocycles. The second-order valence-electron chi connectivity index (χ2n) is 5.95. The zero-order valence-corrected chi connectivity index (χ0v) is 12.5. The van der Waals surface area contributed by atoms with Crippen molar-refractivity contribution in [1.29, 1.82) is 0 Å². The first-order valence-corrected chi connectivity index (χ1v) is 7.74. The quantitative estimate of drug-likeness (QED) is 0.744. The molecule has 17 heavy (non-hydrogen) atoms. The Balaban J connectivity index is 1.84. The Hall–Kier alpha value is -0.0900. The zero-order chi connectivity index (χ0) is 12.5. The molecule has 1 amide bonds. The summed E-state index contributed by atoms with van der Waals surface area (Å²) in [7, 11) is 0. The van der Waals surface area contributed by atoms with Gasteiger partial charge in [0.2, 0.25) is 5.91 Å². The van der Waals surface area contributed by atoms with Crippen LogP contribution in [0.25, 0.3) is 0 Å². The maximum Gasteiger partial charge on any atom is 0.226 e. The molecule has 2 rings (SSSR count). The van der Waals surface area contributed by atoms with E-state index in [1.165, 1.54) is 0 Å². The van der Waals surface area contributed by atoms with Gasteiger partial charge in [0.05, 0.1) is 0 Å². The molecule has 1 saturated heterocycles. The van der Waals surface area contributed by atoms with Gasteiger partial charge >= 0.3 is 0 Å². The molecule has 1 heterocycles. The predicted molar refractivity (Wildman–Crippen MR) is 73.3 cm³/mol. The molecule has 98 valence electrons. The number of hydrogen-bond donors (Lipinski definition) is 0. The molecule has 3 nitrogen and oxygen atoms in total. The van der Waals surface area contributed by atoms with Crippen LogP contribution >= 0.6 is 15.9 Å². The Morgan fingerprint density at radius 1 is 1.29 bits per heavy atom. The highest BCUT2D eigenvalue weighted by Gasteiger charge is 2.51. The number of alkyl halides is 1. The lowest BCUT2D eigenvalue weighted by atomic mass is 10.1. The van der Waals surface area contributed by atoms with Gasteiger partial charge in [-0.15, -0.1) is 0 Å². The van der Waals surface area contributed by atoms with Crippen LogP contribution in [0.4, 0.5) is 0 Å². The molecule has 0 bridgehead atoms. The number of rotatable bonds is 3. The molecule has 0 radical (unpaired) electrons. The van der Waals surface area contributed by atoms with Crippen molar-refractivity contribution in [2.24, 2.45) is 11.3 Å². The van der Waals surface area contributed by atoms with Gasteiger partial charge < -0.3 is 9.80 Å². The first kappa shape index (κ1) is 13.3. The van der Waals surface area contributed by atoms with Crippen LogP contribution < -0.4 is 0 Å². The number of amides is 1. The lowest BCUT2D eigenvalue weighted by Crippen LogP contribution is -2.37. The molecule has 0 aromatic carbocycles. The summed E-state index contributed by atoms with van der Waals surface area (Å²) in [5, 5.41) is 1.02. The fourth-order valence-electron chi connectivity index (χ4n) is 2.64. The van der Waals surface area contributed by atoms with Gasteiger partial charge in [0.15, 0.2) is 0 Å². The number of nitrogens with zero attached hydrogens (tertiary/aromatic N) is 2. The third-order valence-corrected chi connectivity index (χ3v) is 4.47. The Morgan fingerprint density at radius 2 is 2.00 bits per heavy atom. The molecule has 0 N–H and O–H groups in total. The molecular formula is C13H23BrN2O. The predicted octanol–water partition coefficient (Wildman–Crippen LogP) is 1.96. The van der Waals surface area contributed by atoms with Crippen LogP contribution in [0.1, 0.15) is 26.7 Å². The molecule has 0 aromatic rings. The highest BCUT2D eigenvalue weighted by Crippen LogP contribution is 2.52. The average molecular weight is 303 g/mol. The summed E-state index contributed by atoms with van der Waals surface area (Å²) in [6.45, 7) is 9.52. The molecule has 0 spiro atoms. The van der Waals surface area contributed by atoms with Crippen LogP contribution in [0.3, 0.4) is 0 Å². The van der Waals surface area contributed by atoms with E-state index in [-0.39, 0.29) is 5.41 Å². The van der Waals surface area contributed by atoms with Crippen molar-refractivity contribution in [2.75, 3.05) is 38.1 Å². The first-order valence-electron chi connectivity index (χ1n) is 6.62. The van der Waals surface area contributed by atoms with E-state index in [0.717, 1.165) is 50.9 Å². The van der Waals surface area contributed by atoms with E-state index in [4.69, 9.17) is 0 Å². The molecule has 0 aromatic heterocycles.